The van der Waals surface area contributed by atoms with Crippen molar-refractivity contribution in [1.29, 1.82) is 0 Å². The molecule has 0 spiro atoms. The van der Waals surface area contributed by atoms with Crippen LogP contribution in [0.4, 0.5) is 20.2 Å². The Labute approximate surface area is 502 Å². The summed E-state index contributed by atoms with van der Waals surface area (Å²) in [4.78, 5) is 61.9. The summed E-state index contributed by atoms with van der Waals surface area (Å²) in [5.41, 5.74) is 11.8. The molecule has 0 saturated heterocycles. The first-order valence-corrected chi connectivity index (χ1v) is 31.2. The molecule has 1 aliphatic rings. The van der Waals surface area contributed by atoms with Gasteiger partial charge in [0, 0.05) is 42.8 Å². The Morgan fingerprint density at radius 3 is 2.11 bits per heavy atom. The third-order valence-electron chi connectivity index (χ3n) is 13.0. The molecule has 2 heterocycles. The maximum Gasteiger partial charge on any atom is 0.352 e. The monoisotopic (exact) mass is 1200 g/mol. The van der Waals surface area contributed by atoms with Crippen molar-refractivity contribution >= 4 is 76.0 Å². The molecular weight excluding hydrogens is 1100 g/mol. The van der Waals surface area contributed by atoms with Gasteiger partial charge in [-0.2, -0.15) is 11.8 Å². The number of fused-ring (bicyclic) bond motifs is 1. The van der Waals surface area contributed by atoms with E-state index in [1.807, 2.05) is 86.6 Å². The highest BCUT2D eigenvalue weighted by Gasteiger charge is 2.43. The number of anilines is 2. The average molecular weight is 1200 g/mol. The van der Waals surface area contributed by atoms with Crippen LogP contribution in [0.15, 0.2) is 72.8 Å². The molecule has 1 amide bonds. The predicted octanol–water partition coefficient (Wildman–Crippen LogP) is 15.4. The number of hydrogen-bond donors (Lipinski definition) is 4. The molecule has 4 aromatic rings. The van der Waals surface area contributed by atoms with Crippen molar-refractivity contribution in [3.05, 3.63) is 99.4 Å². The van der Waals surface area contributed by atoms with Crippen LogP contribution in [0.5, 0.6) is 5.75 Å². The van der Waals surface area contributed by atoms with Crippen LogP contribution in [0.3, 0.4) is 0 Å². The number of ketones is 2. The number of hydrogen-bond acceptors (Lipinski definition) is 14. The van der Waals surface area contributed by atoms with Gasteiger partial charge in [0.25, 0.3) is 5.92 Å². The van der Waals surface area contributed by atoms with Crippen molar-refractivity contribution in [1.82, 2.24) is 10.7 Å². The van der Waals surface area contributed by atoms with Crippen molar-refractivity contribution in [2.75, 3.05) is 49.9 Å². The number of alkyl halides is 2. The molecule has 4 unspecified atom stereocenters. The van der Waals surface area contributed by atoms with Crippen molar-refractivity contribution in [2.45, 2.75) is 183 Å². The molecular formula is C64H96ClF2N5O8S2. The van der Waals surface area contributed by atoms with E-state index in [4.69, 9.17) is 25.8 Å². The number of unbranched alkanes of at least 4 members (excludes halogenated alkanes) is 2. The Balaban J connectivity index is 0.000000502. The third kappa shape index (κ3) is 25.0. The van der Waals surface area contributed by atoms with Crippen molar-refractivity contribution in [3.8, 4) is 16.2 Å². The van der Waals surface area contributed by atoms with E-state index in [1.165, 1.54) is 51.0 Å². The van der Waals surface area contributed by atoms with E-state index in [2.05, 4.69) is 49.5 Å². The first kappa shape index (κ1) is 73.0. The maximum atomic E-state index is 16.0. The second-order valence-electron chi connectivity index (χ2n) is 23.6. The summed E-state index contributed by atoms with van der Waals surface area (Å²) in [7, 11) is 1.50. The normalized spacial score (nSPS) is 14.2. The fraction of sp³-hybridized carbons (Fsp3) is 0.578. The number of nitrogens with zero attached hydrogens (tertiary/aromatic N) is 1. The fourth-order valence-electron chi connectivity index (χ4n) is 8.90. The SMILES string of the molecule is CC(C)(C)OC(=O)COc1c(C(=O)OC(C)(C)C)sc(-c2ccccc2)c1Cl.CCC(C)C(=O)C(CCC(C)=O)C1NN(CC)c2cc(C(CCNC=O)C(F)(F)CNc3cccc(CSC)c3)ccc21.CCCCCC(C)(C)C.CN. The number of rotatable bonds is 27. The second-order valence-corrected chi connectivity index (χ2v) is 25.8. The van der Waals surface area contributed by atoms with Crippen LogP contribution >= 0.6 is 34.7 Å². The van der Waals surface area contributed by atoms with Crippen LogP contribution in [0.25, 0.3) is 10.4 Å². The second kappa shape index (κ2) is 35.3. The number of ether oxygens (including phenoxy) is 3. The zero-order chi connectivity index (χ0) is 62.0. The highest BCUT2D eigenvalue weighted by atomic mass is 35.5. The molecule has 18 heteroatoms. The third-order valence-corrected chi connectivity index (χ3v) is 15.3. The van der Waals surface area contributed by atoms with Gasteiger partial charge in [-0.1, -0.05) is 127 Å². The zero-order valence-electron chi connectivity index (χ0n) is 51.7. The van der Waals surface area contributed by atoms with Crippen molar-refractivity contribution in [3.63, 3.8) is 0 Å². The molecule has 1 aromatic heterocycles. The molecule has 82 heavy (non-hydrogen) atoms. The number of nitrogens with two attached hydrogens (primary N) is 1. The van der Waals surface area contributed by atoms with Gasteiger partial charge in [0.15, 0.2) is 17.2 Å². The lowest BCUT2D eigenvalue weighted by atomic mass is 9.80. The lowest BCUT2D eigenvalue weighted by Gasteiger charge is -2.29. The molecule has 3 aromatic carbocycles. The van der Waals surface area contributed by atoms with Crippen LogP contribution in [0.2, 0.25) is 5.02 Å². The number of carbonyl (C=O) groups excluding carboxylic acids is 5. The minimum absolute atomic E-state index is 0.0291. The standard InChI is InChI=1S/C33H46F2N4O3S.C21H25ClO5S.C9H20.CH5N/c1-6-22(3)32(42)28(13-11-23(4)41)31-27-14-12-25(18-30(27)39(7-2)38-31)29(15-16-36-21-40)33(34,35)20-37-26-10-8-9-24(17-26)19-43-5;1-20(2,3)26-14(23)12-25-16-15(22)17(13-10-8-7-9-11-13)28-18(16)19(24)27-21(4,5)6;1-5-6-7-8-9(2,3)4;1-2/h8-10,12,14,17-18,21-22,28-29,31,37-38H,6-7,11,13,15-16,19-20H2,1-5H3,(H,36,40);7-11H,12H2,1-6H3;5-8H2,1-4H3;2H2,1H3. The lowest BCUT2D eigenvalue weighted by molar-refractivity contribution is -0.157. The number of halogens is 3. The number of carbonyl (C=O) groups is 5. The molecule has 0 fully saturated rings. The minimum Gasteiger partial charge on any atom is -0.479 e. The molecule has 5 rings (SSSR count). The van der Waals surface area contributed by atoms with Crippen LogP contribution < -0.4 is 31.5 Å². The number of nitrogens with one attached hydrogen (secondary N) is 3. The van der Waals surface area contributed by atoms with Gasteiger partial charge < -0.3 is 40.4 Å². The van der Waals surface area contributed by atoms with E-state index in [9.17, 15) is 24.0 Å². The first-order valence-electron chi connectivity index (χ1n) is 28.6. The lowest BCUT2D eigenvalue weighted by Crippen LogP contribution is -2.40. The fourth-order valence-corrected chi connectivity index (χ4v) is 10.9. The Kier molecular flexibility index (Phi) is 31.4. The van der Waals surface area contributed by atoms with Gasteiger partial charge in [-0.05, 0) is 140 Å². The van der Waals surface area contributed by atoms with E-state index in [-0.39, 0.29) is 58.7 Å². The van der Waals surface area contributed by atoms with Crippen LogP contribution in [-0.2, 0) is 34.4 Å². The number of amides is 1. The van der Waals surface area contributed by atoms with Gasteiger partial charge >= 0.3 is 11.9 Å². The maximum absolute atomic E-state index is 16.0. The molecule has 4 atom stereocenters. The van der Waals surface area contributed by atoms with Crippen molar-refractivity contribution < 1.29 is 47.0 Å². The van der Waals surface area contributed by atoms with E-state index in [0.29, 0.717) is 53.8 Å². The Morgan fingerprint density at radius 1 is 0.890 bits per heavy atom. The van der Waals surface area contributed by atoms with Gasteiger partial charge in [-0.15, -0.1) is 11.3 Å². The molecule has 458 valence electrons. The van der Waals surface area contributed by atoms with Crippen LogP contribution in [0.1, 0.15) is 187 Å². The molecule has 0 aliphatic carbocycles. The summed E-state index contributed by atoms with van der Waals surface area (Å²) in [5, 5.41) is 7.64. The van der Waals surface area contributed by atoms with Gasteiger partial charge in [-0.25, -0.2) is 23.8 Å². The summed E-state index contributed by atoms with van der Waals surface area (Å²) < 4.78 is 48.3. The van der Waals surface area contributed by atoms with Gasteiger partial charge in [0.2, 0.25) is 6.41 Å². The number of benzene rings is 3. The topological polar surface area (TPSA) is 178 Å². The van der Waals surface area contributed by atoms with E-state index in [1.54, 1.807) is 71.5 Å². The van der Waals surface area contributed by atoms with E-state index >= 15 is 8.78 Å². The quantitative estimate of drug-likeness (QED) is 0.0252. The summed E-state index contributed by atoms with van der Waals surface area (Å²) in [6, 6.07) is 21.9. The van der Waals surface area contributed by atoms with Gasteiger partial charge in [-0.3, -0.25) is 9.59 Å². The van der Waals surface area contributed by atoms with Gasteiger partial charge in [0.1, 0.15) is 27.8 Å². The molecule has 0 bridgehead atoms. The Morgan fingerprint density at radius 2 is 1.55 bits per heavy atom. The predicted molar refractivity (Wildman–Crippen MR) is 337 cm³/mol. The number of Topliss-reactive ketones (excluding diaryl/α,β-unsaturated/α-hetero) is 2. The highest BCUT2D eigenvalue weighted by molar-refractivity contribution is 7.97. The molecule has 0 radical (unpaired) electrons. The first-order chi connectivity index (χ1) is 38.5. The largest absolute Gasteiger partial charge is 0.479 e. The smallest absolute Gasteiger partial charge is 0.352 e. The van der Waals surface area contributed by atoms with Crippen LogP contribution in [-0.4, -0.2) is 86.6 Å². The summed E-state index contributed by atoms with van der Waals surface area (Å²) >= 11 is 9.36. The number of esters is 2. The van der Waals surface area contributed by atoms with Gasteiger partial charge in [0.05, 0.1) is 29.1 Å². The zero-order valence-corrected chi connectivity index (χ0v) is 54.1. The Bertz CT molecular complexity index is 2600. The highest BCUT2D eigenvalue weighted by Crippen LogP contribution is 2.47. The summed E-state index contributed by atoms with van der Waals surface area (Å²) in [5.74, 6) is -4.92. The van der Waals surface area contributed by atoms with E-state index < -0.39 is 47.4 Å². The minimum atomic E-state index is -3.13. The average Bonchev–Trinajstić information content (AvgIpc) is 4.12. The number of thiophene rings is 1. The summed E-state index contributed by atoms with van der Waals surface area (Å²) in [6.45, 7) is 26.9. The summed E-state index contributed by atoms with van der Waals surface area (Å²) in [6.07, 6.45) is 9.52. The molecule has 0 saturated carbocycles. The van der Waals surface area contributed by atoms with Crippen LogP contribution in [0, 0.1) is 17.3 Å². The molecule has 5 N–H and O–H groups in total. The molecule has 13 nitrogen and oxygen atoms in total. The van der Waals surface area contributed by atoms with Crippen molar-refractivity contribution in [2.24, 2.45) is 23.0 Å². The number of thioether (sulfide) groups is 1. The van der Waals surface area contributed by atoms with E-state index in [0.717, 1.165) is 28.1 Å². The molecule has 1 aliphatic heterocycles. The number of hydrazine groups is 1. The Hall–Kier alpha value is -5.07.